The molecule has 2 N–H and O–H groups in total. The lowest BCUT2D eigenvalue weighted by atomic mass is 10.1. The molecule has 0 aliphatic heterocycles. The second-order valence-corrected chi connectivity index (χ2v) is 4.43. The van der Waals surface area contributed by atoms with Gasteiger partial charge in [-0.3, -0.25) is 9.59 Å². The molecular formula is C12H24N2O2. The highest BCUT2D eigenvalue weighted by Crippen LogP contribution is 2.03. The zero-order valence-corrected chi connectivity index (χ0v) is 10.8. The average molecular weight is 228 g/mol. The monoisotopic (exact) mass is 228 g/mol. The van der Waals surface area contributed by atoms with Crippen LogP contribution in [-0.2, 0) is 9.59 Å². The number of nitrogens with one attached hydrogen (secondary N) is 2. The average Bonchev–Trinajstić information content (AvgIpc) is 2.23. The van der Waals surface area contributed by atoms with Crippen molar-refractivity contribution in [3.05, 3.63) is 0 Å². The predicted molar refractivity (Wildman–Crippen MR) is 64.9 cm³/mol. The van der Waals surface area contributed by atoms with Crippen LogP contribution in [0.5, 0.6) is 0 Å². The van der Waals surface area contributed by atoms with Crippen molar-refractivity contribution in [3.8, 4) is 0 Å². The van der Waals surface area contributed by atoms with Crippen molar-refractivity contribution < 1.29 is 9.59 Å². The van der Waals surface area contributed by atoms with Gasteiger partial charge in [0.1, 0.15) is 0 Å². The quantitative estimate of drug-likeness (QED) is 0.645. The van der Waals surface area contributed by atoms with Gasteiger partial charge < -0.3 is 10.6 Å². The zero-order valence-electron chi connectivity index (χ0n) is 10.8. The van der Waals surface area contributed by atoms with E-state index in [0.29, 0.717) is 13.1 Å². The highest BCUT2D eigenvalue weighted by molar-refractivity contribution is 5.79. The Morgan fingerprint density at radius 1 is 1.00 bits per heavy atom. The topological polar surface area (TPSA) is 58.2 Å². The van der Waals surface area contributed by atoms with Gasteiger partial charge in [-0.05, 0) is 6.42 Å². The third kappa shape index (κ3) is 6.43. The Labute approximate surface area is 98.2 Å². The number of carbonyl (C=O) groups excluding carboxylic acids is 2. The van der Waals surface area contributed by atoms with E-state index in [4.69, 9.17) is 0 Å². The summed E-state index contributed by atoms with van der Waals surface area (Å²) in [5, 5.41) is 5.56. The van der Waals surface area contributed by atoms with Gasteiger partial charge in [0, 0.05) is 24.9 Å². The van der Waals surface area contributed by atoms with Gasteiger partial charge in [-0.1, -0.05) is 34.1 Å². The Balaban J connectivity index is 3.59. The maximum absolute atomic E-state index is 11.5. The van der Waals surface area contributed by atoms with E-state index in [-0.39, 0.29) is 23.7 Å². The molecule has 4 heteroatoms. The van der Waals surface area contributed by atoms with Crippen LogP contribution in [0.3, 0.4) is 0 Å². The fourth-order valence-electron chi connectivity index (χ4n) is 1.31. The molecule has 0 saturated carbocycles. The summed E-state index contributed by atoms with van der Waals surface area (Å²) in [7, 11) is 0. The fourth-order valence-corrected chi connectivity index (χ4v) is 1.31. The van der Waals surface area contributed by atoms with Gasteiger partial charge in [-0.25, -0.2) is 0 Å². The highest BCUT2D eigenvalue weighted by Gasteiger charge is 2.11. The number of hydrogen-bond donors (Lipinski definition) is 2. The molecule has 4 nitrogen and oxygen atoms in total. The van der Waals surface area contributed by atoms with Crippen LogP contribution in [0, 0.1) is 11.8 Å². The summed E-state index contributed by atoms with van der Waals surface area (Å²) in [6.07, 6.45) is 1.92. The molecule has 0 aromatic heterocycles. The van der Waals surface area contributed by atoms with Gasteiger partial charge >= 0.3 is 0 Å². The lowest BCUT2D eigenvalue weighted by Crippen LogP contribution is -2.38. The van der Waals surface area contributed by atoms with E-state index in [1.54, 1.807) is 0 Å². The summed E-state index contributed by atoms with van der Waals surface area (Å²) in [4.78, 5) is 22.7. The van der Waals surface area contributed by atoms with E-state index in [2.05, 4.69) is 17.6 Å². The molecule has 2 amide bonds. The minimum atomic E-state index is -0.00489. The van der Waals surface area contributed by atoms with Gasteiger partial charge in [-0.15, -0.1) is 0 Å². The van der Waals surface area contributed by atoms with Crippen LogP contribution in [0.1, 0.15) is 40.5 Å². The largest absolute Gasteiger partial charge is 0.354 e. The van der Waals surface area contributed by atoms with Gasteiger partial charge in [0.05, 0.1) is 0 Å². The van der Waals surface area contributed by atoms with Crippen molar-refractivity contribution in [2.24, 2.45) is 11.8 Å². The summed E-state index contributed by atoms with van der Waals surface area (Å²) in [5.41, 5.74) is 0. The summed E-state index contributed by atoms with van der Waals surface area (Å²) in [6.45, 7) is 8.68. The number of rotatable bonds is 7. The van der Waals surface area contributed by atoms with Crippen molar-refractivity contribution in [1.29, 1.82) is 0 Å². The van der Waals surface area contributed by atoms with Crippen molar-refractivity contribution in [2.45, 2.75) is 40.5 Å². The Morgan fingerprint density at radius 3 is 1.94 bits per heavy atom. The molecule has 0 bridgehead atoms. The number of amides is 2. The Hall–Kier alpha value is -1.06. The molecule has 0 spiro atoms. The SMILES string of the molecule is CCCC(C)C(=O)NCCNC(=O)C(C)C. The van der Waals surface area contributed by atoms with E-state index >= 15 is 0 Å². The first-order valence-corrected chi connectivity index (χ1v) is 6.04. The minimum Gasteiger partial charge on any atom is -0.354 e. The molecule has 0 aliphatic rings. The van der Waals surface area contributed by atoms with Crippen LogP contribution < -0.4 is 10.6 Å². The second kappa shape index (κ2) is 8.13. The molecule has 0 aliphatic carbocycles. The van der Waals surface area contributed by atoms with Crippen LogP contribution in [0.4, 0.5) is 0 Å². The van der Waals surface area contributed by atoms with Crippen LogP contribution in [0.25, 0.3) is 0 Å². The smallest absolute Gasteiger partial charge is 0.222 e. The lowest BCUT2D eigenvalue weighted by Gasteiger charge is -2.12. The van der Waals surface area contributed by atoms with Gasteiger partial charge in [0.2, 0.25) is 11.8 Å². The molecule has 1 unspecified atom stereocenters. The molecule has 16 heavy (non-hydrogen) atoms. The summed E-state index contributed by atoms with van der Waals surface area (Å²) in [6, 6.07) is 0. The van der Waals surface area contributed by atoms with E-state index in [1.165, 1.54) is 0 Å². The summed E-state index contributed by atoms with van der Waals surface area (Å²) in [5.74, 6) is 0.150. The molecule has 1 atom stereocenters. The zero-order chi connectivity index (χ0) is 12.6. The van der Waals surface area contributed by atoms with Gasteiger partial charge in [0.15, 0.2) is 0 Å². The maximum Gasteiger partial charge on any atom is 0.222 e. The molecule has 0 rings (SSSR count). The van der Waals surface area contributed by atoms with Crippen molar-refractivity contribution in [3.63, 3.8) is 0 Å². The van der Waals surface area contributed by atoms with Crippen molar-refractivity contribution >= 4 is 11.8 Å². The second-order valence-electron chi connectivity index (χ2n) is 4.43. The van der Waals surface area contributed by atoms with E-state index in [1.807, 2.05) is 20.8 Å². The number of carbonyl (C=O) groups is 2. The van der Waals surface area contributed by atoms with Crippen LogP contribution >= 0.6 is 0 Å². The Bertz CT molecular complexity index is 227. The molecule has 0 aromatic rings. The predicted octanol–water partition coefficient (Wildman–Crippen LogP) is 1.31. The molecular weight excluding hydrogens is 204 g/mol. The maximum atomic E-state index is 11.5. The van der Waals surface area contributed by atoms with Crippen LogP contribution in [0.2, 0.25) is 0 Å². The highest BCUT2D eigenvalue weighted by atomic mass is 16.2. The van der Waals surface area contributed by atoms with Crippen LogP contribution in [0.15, 0.2) is 0 Å². The first-order valence-electron chi connectivity index (χ1n) is 6.04. The van der Waals surface area contributed by atoms with Crippen LogP contribution in [-0.4, -0.2) is 24.9 Å². The molecule has 0 radical (unpaired) electrons. The van der Waals surface area contributed by atoms with Gasteiger partial charge in [-0.2, -0.15) is 0 Å². The summed E-state index contributed by atoms with van der Waals surface area (Å²) < 4.78 is 0. The third-order valence-electron chi connectivity index (χ3n) is 2.42. The minimum absolute atomic E-state index is 0.00489. The molecule has 94 valence electrons. The summed E-state index contributed by atoms with van der Waals surface area (Å²) >= 11 is 0. The first kappa shape index (κ1) is 14.9. The Kier molecular flexibility index (Phi) is 7.60. The van der Waals surface area contributed by atoms with E-state index < -0.39 is 0 Å². The lowest BCUT2D eigenvalue weighted by molar-refractivity contribution is -0.126. The molecule has 0 aromatic carbocycles. The fraction of sp³-hybridized carbons (Fsp3) is 0.833. The van der Waals surface area contributed by atoms with Crippen molar-refractivity contribution in [1.82, 2.24) is 10.6 Å². The standard InChI is InChI=1S/C12H24N2O2/c1-5-6-10(4)12(16)14-8-7-13-11(15)9(2)3/h9-10H,5-8H2,1-4H3,(H,13,15)(H,14,16). The van der Waals surface area contributed by atoms with Gasteiger partial charge in [0.25, 0.3) is 0 Å². The number of hydrogen-bond acceptors (Lipinski definition) is 2. The van der Waals surface area contributed by atoms with E-state index in [0.717, 1.165) is 12.8 Å². The first-order chi connectivity index (χ1) is 7.49. The molecule has 0 heterocycles. The molecule has 0 fully saturated rings. The third-order valence-corrected chi connectivity index (χ3v) is 2.42. The molecule has 0 saturated heterocycles. The normalized spacial score (nSPS) is 12.3. The Morgan fingerprint density at radius 2 is 1.50 bits per heavy atom. The van der Waals surface area contributed by atoms with Crippen molar-refractivity contribution in [2.75, 3.05) is 13.1 Å². The van der Waals surface area contributed by atoms with E-state index in [9.17, 15) is 9.59 Å².